The molecule has 0 amide bonds. The van der Waals surface area contributed by atoms with Crippen LogP contribution >= 0.6 is 11.8 Å². The van der Waals surface area contributed by atoms with Crippen molar-refractivity contribution in [3.05, 3.63) is 42.5 Å². The molecule has 0 saturated carbocycles. The minimum atomic E-state index is 0.270. The molecule has 3 N–H and O–H groups in total. The molecule has 8 nitrogen and oxygen atoms in total. The highest BCUT2D eigenvalue weighted by molar-refractivity contribution is 7.99. The van der Waals surface area contributed by atoms with Gasteiger partial charge < -0.3 is 0 Å². The van der Waals surface area contributed by atoms with E-state index >= 15 is 0 Å². The normalized spacial score (nSPS) is 10.6. The Morgan fingerprint density at radius 2 is 2.05 bits per heavy atom. The van der Waals surface area contributed by atoms with Gasteiger partial charge in [-0.05, 0) is 30.3 Å². The molecule has 0 radical (unpaired) electrons. The van der Waals surface area contributed by atoms with Crippen LogP contribution in [-0.2, 0) is 0 Å². The lowest BCUT2D eigenvalue weighted by Crippen LogP contribution is -2.14. The topological polar surface area (TPSA) is 107 Å². The van der Waals surface area contributed by atoms with Crippen LogP contribution in [0.2, 0.25) is 0 Å². The van der Waals surface area contributed by atoms with Gasteiger partial charge in [0.1, 0.15) is 12.7 Å². The highest BCUT2D eigenvalue weighted by atomic mass is 32.2. The van der Waals surface area contributed by atoms with Crippen molar-refractivity contribution < 1.29 is 0 Å². The van der Waals surface area contributed by atoms with E-state index in [-0.39, 0.29) is 5.95 Å². The van der Waals surface area contributed by atoms with Crippen molar-refractivity contribution in [3.63, 3.8) is 0 Å². The average molecular weight is 300 g/mol. The van der Waals surface area contributed by atoms with Gasteiger partial charge in [-0.3, -0.25) is 5.43 Å². The Morgan fingerprint density at radius 3 is 2.76 bits per heavy atom. The van der Waals surface area contributed by atoms with Crippen molar-refractivity contribution in [2.24, 2.45) is 5.84 Å². The maximum atomic E-state index is 5.41. The zero-order chi connectivity index (χ0) is 14.7. The van der Waals surface area contributed by atoms with Crippen LogP contribution in [0.4, 0.5) is 5.95 Å². The van der Waals surface area contributed by atoms with Crippen molar-refractivity contribution in [2.75, 3.05) is 5.43 Å². The zero-order valence-electron chi connectivity index (χ0n) is 11.1. The van der Waals surface area contributed by atoms with E-state index < -0.39 is 0 Å². The Balaban J connectivity index is 1.99. The van der Waals surface area contributed by atoms with E-state index in [1.54, 1.807) is 0 Å². The number of hydrogen-bond acceptors (Lipinski definition) is 8. The molecule has 9 heteroatoms. The van der Waals surface area contributed by atoms with Crippen LogP contribution in [0.15, 0.2) is 47.0 Å². The molecule has 1 aromatic carbocycles. The monoisotopic (exact) mass is 300 g/mol. The molecule has 0 aliphatic heterocycles. The van der Waals surface area contributed by atoms with Crippen LogP contribution in [0.5, 0.6) is 0 Å². The number of benzene rings is 1. The summed E-state index contributed by atoms with van der Waals surface area (Å²) in [4.78, 5) is 17.7. The Kier molecular flexibility index (Phi) is 3.75. The molecule has 0 aliphatic carbocycles. The highest BCUT2D eigenvalue weighted by Gasteiger charge is 2.10. The fourth-order valence-electron chi connectivity index (χ4n) is 1.64. The maximum absolute atomic E-state index is 5.41. The molecule has 0 bridgehead atoms. The quantitative estimate of drug-likeness (QED) is 0.546. The molecule has 3 aromatic rings. The second-order valence-corrected chi connectivity index (χ2v) is 5.10. The Hall–Kier alpha value is -2.52. The number of hydrogen-bond donors (Lipinski definition) is 2. The standard InChI is InChI=1S/C12H12N8S/c1-8-4-2-3-5-9(8)21-12-17-10(19-13)16-11(18-12)20-7-14-6-15-20/h2-7H,13H2,1H3,(H,16,17,18,19). The number of nitrogens with two attached hydrogens (primary N) is 1. The average Bonchev–Trinajstić information content (AvgIpc) is 3.04. The second kappa shape index (κ2) is 5.85. The zero-order valence-corrected chi connectivity index (χ0v) is 11.9. The highest BCUT2D eigenvalue weighted by Crippen LogP contribution is 2.28. The van der Waals surface area contributed by atoms with Gasteiger partial charge in [0.2, 0.25) is 5.95 Å². The fraction of sp³-hybridized carbons (Fsp3) is 0.0833. The molecule has 106 valence electrons. The molecule has 0 fully saturated rings. The largest absolute Gasteiger partial charge is 0.292 e. The van der Waals surface area contributed by atoms with Crippen LogP contribution < -0.4 is 11.3 Å². The Bertz CT molecular complexity index is 743. The van der Waals surface area contributed by atoms with Gasteiger partial charge in [0.05, 0.1) is 0 Å². The lowest BCUT2D eigenvalue weighted by molar-refractivity contribution is 0.759. The first kappa shape index (κ1) is 13.5. The van der Waals surface area contributed by atoms with E-state index in [1.165, 1.54) is 29.1 Å². The fourth-order valence-corrected chi connectivity index (χ4v) is 2.47. The lowest BCUT2D eigenvalue weighted by atomic mass is 10.2. The van der Waals surface area contributed by atoms with E-state index in [0.717, 1.165) is 10.5 Å². The summed E-state index contributed by atoms with van der Waals surface area (Å²) in [7, 11) is 0. The van der Waals surface area contributed by atoms with Gasteiger partial charge in [0.15, 0.2) is 5.16 Å². The Morgan fingerprint density at radius 1 is 1.19 bits per heavy atom. The molecule has 21 heavy (non-hydrogen) atoms. The molecule has 0 aliphatic rings. The predicted octanol–water partition coefficient (Wildman–Crippen LogP) is 1.20. The summed E-state index contributed by atoms with van der Waals surface area (Å²) in [5, 5.41) is 4.53. The first-order valence-corrected chi connectivity index (χ1v) is 6.89. The molecular weight excluding hydrogens is 288 g/mol. The molecule has 3 rings (SSSR count). The van der Waals surface area contributed by atoms with Crippen molar-refractivity contribution in [1.82, 2.24) is 29.7 Å². The van der Waals surface area contributed by atoms with Gasteiger partial charge in [-0.15, -0.1) is 0 Å². The molecule has 2 aromatic heterocycles. The molecule has 0 saturated heterocycles. The van der Waals surface area contributed by atoms with E-state index in [4.69, 9.17) is 5.84 Å². The summed E-state index contributed by atoms with van der Waals surface area (Å²) in [6, 6.07) is 8.00. The minimum absolute atomic E-state index is 0.270. The molecule has 0 spiro atoms. The van der Waals surface area contributed by atoms with E-state index in [0.29, 0.717) is 11.1 Å². The number of nitrogen functional groups attached to an aromatic ring is 1. The van der Waals surface area contributed by atoms with Gasteiger partial charge in [0, 0.05) is 4.90 Å². The SMILES string of the molecule is Cc1ccccc1Sc1nc(NN)nc(-n2cncn2)n1. The van der Waals surface area contributed by atoms with Crippen LogP contribution in [-0.4, -0.2) is 29.7 Å². The third kappa shape index (κ3) is 2.98. The third-order valence-corrected chi connectivity index (χ3v) is 3.69. The molecule has 2 heterocycles. The van der Waals surface area contributed by atoms with Crippen molar-refractivity contribution in [1.29, 1.82) is 0 Å². The van der Waals surface area contributed by atoms with Gasteiger partial charge >= 0.3 is 0 Å². The summed E-state index contributed by atoms with van der Waals surface area (Å²) in [6.07, 6.45) is 2.92. The number of aromatic nitrogens is 6. The van der Waals surface area contributed by atoms with Gasteiger partial charge in [-0.25, -0.2) is 10.8 Å². The molecular formula is C12H12N8S. The van der Waals surface area contributed by atoms with Crippen LogP contribution in [0.3, 0.4) is 0 Å². The Labute approximate surface area is 124 Å². The summed E-state index contributed by atoms with van der Waals surface area (Å²) in [5.41, 5.74) is 3.58. The van der Waals surface area contributed by atoms with Crippen LogP contribution in [0.25, 0.3) is 5.95 Å². The van der Waals surface area contributed by atoms with Gasteiger partial charge in [-0.2, -0.15) is 24.7 Å². The van der Waals surface area contributed by atoms with Gasteiger partial charge in [0.25, 0.3) is 5.95 Å². The smallest absolute Gasteiger partial charge is 0.257 e. The van der Waals surface area contributed by atoms with E-state index in [9.17, 15) is 0 Å². The maximum Gasteiger partial charge on any atom is 0.257 e. The first-order chi connectivity index (χ1) is 10.3. The summed E-state index contributed by atoms with van der Waals surface area (Å²) < 4.78 is 1.45. The van der Waals surface area contributed by atoms with Crippen molar-refractivity contribution >= 4 is 17.7 Å². The number of nitrogens with one attached hydrogen (secondary N) is 1. The van der Waals surface area contributed by atoms with E-state index in [1.807, 2.05) is 31.2 Å². The summed E-state index contributed by atoms with van der Waals surface area (Å²) in [6.45, 7) is 2.03. The third-order valence-electron chi connectivity index (χ3n) is 2.65. The minimum Gasteiger partial charge on any atom is -0.292 e. The van der Waals surface area contributed by atoms with Crippen LogP contribution in [0, 0.1) is 6.92 Å². The number of anilines is 1. The molecule has 0 unspecified atom stereocenters. The number of nitrogens with zero attached hydrogens (tertiary/aromatic N) is 6. The number of hydrazine groups is 1. The summed E-state index contributed by atoms with van der Waals surface area (Å²) >= 11 is 1.44. The van der Waals surface area contributed by atoms with Crippen molar-refractivity contribution in [3.8, 4) is 5.95 Å². The van der Waals surface area contributed by atoms with Gasteiger partial charge in [-0.1, -0.05) is 18.2 Å². The molecule has 0 atom stereocenters. The summed E-state index contributed by atoms with van der Waals surface area (Å²) in [5.74, 6) is 6.03. The number of aryl methyl sites for hydroxylation is 1. The van der Waals surface area contributed by atoms with Crippen molar-refractivity contribution in [2.45, 2.75) is 17.0 Å². The lowest BCUT2D eigenvalue weighted by Gasteiger charge is -2.07. The predicted molar refractivity (Wildman–Crippen MR) is 77.9 cm³/mol. The second-order valence-electron chi connectivity index (χ2n) is 4.09. The number of rotatable bonds is 4. The van der Waals surface area contributed by atoms with Crippen LogP contribution in [0.1, 0.15) is 5.56 Å². The van der Waals surface area contributed by atoms with E-state index in [2.05, 4.69) is 30.5 Å². The first-order valence-electron chi connectivity index (χ1n) is 6.07.